The van der Waals surface area contributed by atoms with E-state index in [9.17, 15) is 14.4 Å². The van der Waals surface area contributed by atoms with Crippen molar-refractivity contribution in [3.63, 3.8) is 0 Å². The SMILES string of the molecule is O=C(CCl)Oc1ccc2cc(C(=O)NCCc3ccccc3)c(=O)oc2c1. The van der Waals surface area contributed by atoms with E-state index >= 15 is 0 Å². The molecule has 6 nitrogen and oxygen atoms in total. The molecule has 0 fully saturated rings. The first-order chi connectivity index (χ1) is 13.1. The van der Waals surface area contributed by atoms with Gasteiger partial charge in [-0.1, -0.05) is 30.3 Å². The van der Waals surface area contributed by atoms with Crippen LogP contribution >= 0.6 is 11.6 Å². The Morgan fingerprint density at radius 1 is 1.07 bits per heavy atom. The number of halogens is 1. The quantitative estimate of drug-likeness (QED) is 0.305. The lowest BCUT2D eigenvalue weighted by molar-refractivity contribution is -0.131. The molecule has 2 aromatic carbocycles. The number of fused-ring (bicyclic) bond motifs is 1. The summed E-state index contributed by atoms with van der Waals surface area (Å²) in [4.78, 5) is 35.7. The summed E-state index contributed by atoms with van der Waals surface area (Å²) in [5.41, 5.74) is 0.449. The number of hydrogen-bond donors (Lipinski definition) is 1. The summed E-state index contributed by atoms with van der Waals surface area (Å²) in [6.45, 7) is 0.396. The molecular formula is C20H16ClNO5. The number of hydrogen-bond acceptors (Lipinski definition) is 5. The zero-order valence-electron chi connectivity index (χ0n) is 14.2. The van der Waals surface area contributed by atoms with Crippen molar-refractivity contribution in [3.8, 4) is 5.75 Å². The summed E-state index contributed by atoms with van der Waals surface area (Å²) in [6.07, 6.45) is 0.654. The van der Waals surface area contributed by atoms with Gasteiger partial charge in [-0.05, 0) is 30.2 Å². The van der Waals surface area contributed by atoms with Crippen LogP contribution in [0.2, 0.25) is 0 Å². The Bertz CT molecular complexity index is 1030. The van der Waals surface area contributed by atoms with Gasteiger partial charge in [-0.15, -0.1) is 11.6 Å². The Labute approximate surface area is 159 Å². The summed E-state index contributed by atoms with van der Waals surface area (Å²) >= 11 is 5.39. The summed E-state index contributed by atoms with van der Waals surface area (Å²) < 4.78 is 10.2. The van der Waals surface area contributed by atoms with E-state index < -0.39 is 17.5 Å². The molecule has 0 aliphatic rings. The number of carbonyl (C=O) groups excluding carboxylic acids is 2. The van der Waals surface area contributed by atoms with Crippen molar-refractivity contribution in [2.45, 2.75) is 6.42 Å². The number of alkyl halides is 1. The molecule has 0 aliphatic carbocycles. The maximum atomic E-state index is 12.3. The second kappa shape index (κ2) is 8.51. The maximum Gasteiger partial charge on any atom is 0.349 e. The van der Waals surface area contributed by atoms with Crippen molar-refractivity contribution in [1.29, 1.82) is 0 Å². The molecule has 0 saturated heterocycles. The van der Waals surface area contributed by atoms with Crippen LogP contribution in [0.15, 0.2) is 63.8 Å². The fourth-order valence-electron chi connectivity index (χ4n) is 2.53. The molecular weight excluding hydrogens is 370 g/mol. The Hall–Kier alpha value is -3.12. The van der Waals surface area contributed by atoms with Crippen LogP contribution < -0.4 is 15.7 Å². The number of nitrogens with one attached hydrogen (secondary N) is 1. The lowest BCUT2D eigenvalue weighted by atomic mass is 10.1. The fourth-order valence-corrected chi connectivity index (χ4v) is 2.59. The Balaban J connectivity index is 1.73. The third kappa shape index (κ3) is 4.74. The molecule has 0 radical (unpaired) electrons. The standard InChI is InChI=1S/C20H16ClNO5/c21-12-18(23)26-15-7-6-14-10-16(20(25)27-17(14)11-15)19(24)22-9-8-13-4-2-1-3-5-13/h1-7,10-11H,8-9,12H2,(H,22,24). The van der Waals surface area contributed by atoms with Gasteiger partial charge >= 0.3 is 11.6 Å². The Morgan fingerprint density at radius 3 is 2.59 bits per heavy atom. The van der Waals surface area contributed by atoms with E-state index in [0.29, 0.717) is 18.4 Å². The van der Waals surface area contributed by atoms with Crippen LogP contribution in [0.1, 0.15) is 15.9 Å². The minimum atomic E-state index is -0.763. The van der Waals surface area contributed by atoms with Crippen LogP contribution in [0.25, 0.3) is 11.0 Å². The molecule has 1 aromatic heterocycles. The van der Waals surface area contributed by atoms with Crippen molar-refractivity contribution in [2.75, 3.05) is 12.4 Å². The van der Waals surface area contributed by atoms with Gasteiger partial charge in [-0.3, -0.25) is 9.59 Å². The van der Waals surface area contributed by atoms with Gasteiger partial charge in [0.15, 0.2) is 0 Å². The summed E-state index contributed by atoms with van der Waals surface area (Å²) in [5.74, 6) is -1.20. The monoisotopic (exact) mass is 385 g/mol. The van der Waals surface area contributed by atoms with E-state index in [1.54, 1.807) is 6.07 Å². The predicted molar refractivity (Wildman–Crippen MR) is 101 cm³/mol. The van der Waals surface area contributed by atoms with Crippen LogP contribution in [-0.2, 0) is 11.2 Å². The Kier molecular flexibility index (Phi) is 5.88. The van der Waals surface area contributed by atoms with E-state index in [4.69, 9.17) is 20.8 Å². The number of amides is 1. The normalized spacial score (nSPS) is 10.6. The van der Waals surface area contributed by atoms with Crippen LogP contribution in [0.5, 0.6) is 5.75 Å². The lowest BCUT2D eigenvalue weighted by Crippen LogP contribution is -2.29. The number of rotatable bonds is 6. The molecule has 0 spiro atoms. The molecule has 0 saturated carbocycles. The summed E-state index contributed by atoms with van der Waals surface area (Å²) in [7, 11) is 0. The molecule has 3 aromatic rings. The smallest absolute Gasteiger partial charge is 0.349 e. The average Bonchev–Trinajstić information content (AvgIpc) is 2.68. The second-order valence-corrected chi connectivity index (χ2v) is 6.01. The van der Waals surface area contributed by atoms with E-state index in [2.05, 4.69) is 5.32 Å². The highest BCUT2D eigenvalue weighted by Gasteiger charge is 2.14. The number of benzene rings is 2. The van der Waals surface area contributed by atoms with Gasteiger partial charge in [-0.25, -0.2) is 4.79 Å². The number of esters is 1. The van der Waals surface area contributed by atoms with Gasteiger partial charge < -0.3 is 14.5 Å². The van der Waals surface area contributed by atoms with Crippen molar-refractivity contribution >= 4 is 34.4 Å². The largest absolute Gasteiger partial charge is 0.426 e. The highest BCUT2D eigenvalue weighted by molar-refractivity contribution is 6.26. The second-order valence-electron chi connectivity index (χ2n) is 5.75. The minimum absolute atomic E-state index is 0.0823. The third-order valence-corrected chi connectivity index (χ3v) is 4.05. The van der Waals surface area contributed by atoms with Crippen molar-refractivity contribution in [1.82, 2.24) is 5.32 Å². The maximum absolute atomic E-state index is 12.3. The minimum Gasteiger partial charge on any atom is -0.426 e. The molecule has 0 aliphatic heterocycles. The first-order valence-electron chi connectivity index (χ1n) is 8.23. The summed E-state index contributed by atoms with van der Waals surface area (Å²) in [6, 6.07) is 15.7. The van der Waals surface area contributed by atoms with Crippen LogP contribution in [-0.4, -0.2) is 24.3 Å². The van der Waals surface area contributed by atoms with E-state index in [1.165, 1.54) is 18.2 Å². The molecule has 0 atom stereocenters. The topological polar surface area (TPSA) is 85.6 Å². The van der Waals surface area contributed by atoms with Crippen molar-refractivity contribution in [3.05, 3.63) is 76.1 Å². The Morgan fingerprint density at radius 2 is 1.85 bits per heavy atom. The third-order valence-electron chi connectivity index (χ3n) is 3.83. The molecule has 0 bridgehead atoms. The molecule has 1 heterocycles. The highest BCUT2D eigenvalue weighted by atomic mass is 35.5. The summed E-state index contributed by atoms with van der Waals surface area (Å²) in [5, 5.41) is 3.25. The van der Waals surface area contributed by atoms with Gasteiger partial charge in [0.25, 0.3) is 5.91 Å². The fraction of sp³-hybridized carbons (Fsp3) is 0.150. The zero-order valence-corrected chi connectivity index (χ0v) is 15.0. The predicted octanol–water partition coefficient (Wildman–Crippen LogP) is 2.91. The van der Waals surface area contributed by atoms with E-state index in [0.717, 1.165) is 5.56 Å². The average molecular weight is 386 g/mol. The first kappa shape index (κ1) is 18.7. The zero-order chi connectivity index (χ0) is 19.2. The number of ether oxygens (including phenoxy) is 1. The molecule has 1 N–H and O–H groups in total. The molecule has 1 amide bonds. The van der Waals surface area contributed by atoms with Crippen LogP contribution in [0.4, 0.5) is 0 Å². The van der Waals surface area contributed by atoms with Crippen LogP contribution in [0, 0.1) is 0 Å². The lowest BCUT2D eigenvalue weighted by Gasteiger charge is -2.06. The van der Waals surface area contributed by atoms with Gasteiger partial charge in [0.05, 0.1) is 0 Å². The highest BCUT2D eigenvalue weighted by Crippen LogP contribution is 2.20. The molecule has 0 unspecified atom stereocenters. The molecule has 27 heavy (non-hydrogen) atoms. The van der Waals surface area contributed by atoms with Crippen molar-refractivity contribution < 1.29 is 18.7 Å². The van der Waals surface area contributed by atoms with E-state index in [1.807, 2.05) is 30.3 Å². The number of carbonyl (C=O) groups is 2. The van der Waals surface area contributed by atoms with Gasteiger partial charge in [0, 0.05) is 18.0 Å². The van der Waals surface area contributed by atoms with Gasteiger partial charge in [0.2, 0.25) is 0 Å². The van der Waals surface area contributed by atoms with Gasteiger partial charge in [-0.2, -0.15) is 0 Å². The molecule has 7 heteroatoms. The van der Waals surface area contributed by atoms with Crippen LogP contribution in [0.3, 0.4) is 0 Å². The van der Waals surface area contributed by atoms with Crippen molar-refractivity contribution in [2.24, 2.45) is 0 Å². The van der Waals surface area contributed by atoms with Gasteiger partial charge in [0.1, 0.15) is 22.8 Å². The molecule has 3 rings (SSSR count). The van der Waals surface area contributed by atoms with E-state index in [-0.39, 0.29) is 22.8 Å². The molecule has 138 valence electrons. The first-order valence-corrected chi connectivity index (χ1v) is 8.77.